The van der Waals surface area contributed by atoms with E-state index < -0.39 is 14.9 Å². The van der Waals surface area contributed by atoms with Gasteiger partial charge in [0.15, 0.2) is 0 Å². The molecule has 0 radical (unpaired) electrons. The highest BCUT2D eigenvalue weighted by molar-refractivity contribution is 7.89. The summed E-state index contributed by atoms with van der Waals surface area (Å²) in [5.74, 6) is 0.946. The van der Waals surface area contributed by atoms with Crippen LogP contribution in [0.4, 0.5) is 11.5 Å². The van der Waals surface area contributed by atoms with Crippen molar-refractivity contribution in [1.82, 2.24) is 14.6 Å². The number of nitrogens with zero attached hydrogens (tertiary/aromatic N) is 4. The first-order valence-electron chi connectivity index (χ1n) is 9.42. The van der Waals surface area contributed by atoms with E-state index in [1.54, 1.807) is 20.0 Å². The zero-order chi connectivity index (χ0) is 21.0. The maximum atomic E-state index is 12.6. The molecule has 1 unspecified atom stereocenters. The normalized spacial score (nSPS) is 16.6. The molecule has 0 saturated carbocycles. The summed E-state index contributed by atoms with van der Waals surface area (Å²) in [6, 6.07) is 9.44. The van der Waals surface area contributed by atoms with Gasteiger partial charge in [-0.2, -0.15) is 0 Å². The molecule has 9 nitrogen and oxygen atoms in total. The molecule has 10 heteroatoms. The molecule has 1 aromatic carbocycles. The molecule has 1 aliphatic heterocycles. The number of hydrogen-bond acceptors (Lipinski definition) is 7. The Bertz CT molecular complexity index is 960. The first kappa shape index (κ1) is 21.2. The standard InChI is InChI=1S/C19H25N5O4S/c1-15-6-7-17(13-18(15)24(25)26)29(27,28)21-16(2)14-22-9-11-23(12-10-22)19-5-3-4-8-20-19/h3-8,13,16,21H,9-12,14H2,1-2H3. The lowest BCUT2D eigenvalue weighted by Crippen LogP contribution is -2.51. The predicted octanol–water partition coefficient (Wildman–Crippen LogP) is 1.79. The number of nitro benzene ring substituents is 1. The van der Waals surface area contributed by atoms with Gasteiger partial charge in [0.2, 0.25) is 10.0 Å². The molecule has 1 aliphatic rings. The van der Waals surface area contributed by atoms with E-state index in [1.165, 1.54) is 12.1 Å². The Morgan fingerprint density at radius 2 is 1.93 bits per heavy atom. The van der Waals surface area contributed by atoms with Gasteiger partial charge in [-0.05, 0) is 32.0 Å². The molecule has 29 heavy (non-hydrogen) atoms. The molecule has 3 rings (SSSR count). The van der Waals surface area contributed by atoms with E-state index in [9.17, 15) is 18.5 Å². The van der Waals surface area contributed by atoms with Crippen molar-refractivity contribution < 1.29 is 13.3 Å². The van der Waals surface area contributed by atoms with Gasteiger partial charge in [-0.3, -0.25) is 15.0 Å². The second-order valence-corrected chi connectivity index (χ2v) is 8.92. The molecule has 2 heterocycles. The van der Waals surface area contributed by atoms with Crippen LogP contribution in [0.2, 0.25) is 0 Å². The molecule has 1 N–H and O–H groups in total. The second kappa shape index (κ2) is 8.85. The molecule has 1 fully saturated rings. The number of pyridine rings is 1. The maximum Gasteiger partial charge on any atom is 0.273 e. The number of anilines is 1. The smallest absolute Gasteiger partial charge is 0.273 e. The summed E-state index contributed by atoms with van der Waals surface area (Å²) < 4.78 is 27.9. The molecule has 0 aliphatic carbocycles. The van der Waals surface area contributed by atoms with Crippen LogP contribution in [-0.2, 0) is 10.0 Å². The van der Waals surface area contributed by atoms with E-state index in [2.05, 4.69) is 19.5 Å². The highest BCUT2D eigenvalue weighted by Crippen LogP contribution is 2.22. The Morgan fingerprint density at radius 1 is 1.21 bits per heavy atom. The number of sulfonamides is 1. The molecule has 0 amide bonds. The molecule has 2 aromatic rings. The Hall–Kier alpha value is -2.56. The number of aromatic nitrogens is 1. The van der Waals surface area contributed by atoms with Crippen molar-refractivity contribution in [3.63, 3.8) is 0 Å². The summed E-state index contributed by atoms with van der Waals surface area (Å²) in [5.41, 5.74) is 0.221. The molecule has 0 bridgehead atoms. The molecule has 156 valence electrons. The lowest BCUT2D eigenvalue weighted by Gasteiger charge is -2.36. The largest absolute Gasteiger partial charge is 0.354 e. The Kier molecular flexibility index (Phi) is 6.46. The molecule has 0 spiro atoms. The molecule has 1 atom stereocenters. The van der Waals surface area contributed by atoms with Crippen LogP contribution in [0.5, 0.6) is 0 Å². The van der Waals surface area contributed by atoms with Gasteiger partial charge in [-0.15, -0.1) is 0 Å². The van der Waals surface area contributed by atoms with Crippen molar-refractivity contribution in [2.75, 3.05) is 37.6 Å². The lowest BCUT2D eigenvalue weighted by molar-refractivity contribution is -0.385. The summed E-state index contributed by atoms with van der Waals surface area (Å²) >= 11 is 0. The van der Waals surface area contributed by atoms with Gasteiger partial charge in [0, 0.05) is 56.6 Å². The van der Waals surface area contributed by atoms with Gasteiger partial charge in [0.1, 0.15) is 5.82 Å². The molecular formula is C19H25N5O4S. The van der Waals surface area contributed by atoms with Crippen LogP contribution in [0, 0.1) is 17.0 Å². The first-order chi connectivity index (χ1) is 13.8. The van der Waals surface area contributed by atoms with Gasteiger partial charge in [-0.1, -0.05) is 12.1 Å². The Morgan fingerprint density at radius 3 is 2.55 bits per heavy atom. The number of benzene rings is 1. The third-order valence-corrected chi connectivity index (χ3v) is 6.51. The van der Waals surface area contributed by atoms with Crippen LogP contribution in [-0.4, -0.2) is 62.0 Å². The van der Waals surface area contributed by atoms with E-state index >= 15 is 0 Å². The van der Waals surface area contributed by atoms with E-state index in [-0.39, 0.29) is 16.6 Å². The van der Waals surface area contributed by atoms with Crippen molar-refractivity contribution in [3.8, 4) is 0 Å². The predicted molar refractivity (Wildman–Crippen MR) is 111 cm³/mol. The minimum atomic E-state index is -3.84. The number of nitro groups is 1. The topological polar surface area (TPSA) is 109 Å². The van der Waals surface area contributed by atoms with Gasteiger partial charge >= 0.3 is 0 Å². The molecule has 1 saturated heterocycles. The number of hydrogen-bond donors (Lipinski definition) is 1. The van der Waals surface area contributed by atoms with Crippen molar-refractivity contribution in [1.29, 1.82) is 0 Å². The first-order valence-corrected chi connectivity index (χ1v) is 10.9. The van der Waals surface area contributed by atoms with Crippen molar-refractivity contribution in [2.24, 2.45) is 0 Å². The average molecular weight is 420 g/mol. The summed E-state index contributed by atoms with van der Waals surface area (Å²) in [6.45, 7) is 7.18. The molecular weight excluding hydrogens is 394 g/mol. The number of rotatable bonds is 7. The van der Waals surface area contributed by atoms with E-state index in [4.69, 9.17) is 0 Å². The monoisotopic (exact) mass is 419 g/mol. The lowest BCUT2D eigenvalue weighted by atomic mass is 10.2. The number of aryl methyl sites for hydroxylation is 1. The fraction of sp³-hybridized carbons (Fsp3) is 0.421. The van der Waals surface area contributed by atoms with Crippen LogP contribution >= 0.6 is 0 Å². The third kappa shape index (κ3) is 5.28. The third-order valence-electron chi connectivity index (χ3n) is 4.92. The minimum Gasteiger partial charge on any atom is -0.354 e. The summed E-state index contributed by atoms with van der Waals surface area (Å²) in [5, 5.41) is 11.1. The van der Waals surface area contributed by atoms with Crippen LogP contribution in [0.15, 0.2) is 47.5 Å². The Labute approximate surface area is 170 Å². The number of piperazine rings is 1. The van der Waals surface area contributed by atoms with Crippen molar-refractivity contribution in [2.45, 2.75) is 24.8 Å². The molecule has 1 aromatic heterocycles. The number of nitrogens with one attached hydrogen (secondary N) is 1. The highest BCUT2D eigenvalue weighted by atomic mass is 32.2. The van der Waals surface area contributed by atoms with Crippen LogP contribution in [0.1, 0.15) is 12.5 Å². The van der Waals surface area contributed by atoms with Crippen LogP contribution < -0.4 is 9.62 Å². The summed E-state index contributed by atoms with van der Waals surface area (Å²) in [7, 11) is -3.84. The van der Waals surface area contributed by atoms with E-state index in [0.29, 0.717) is 12.1 Å². The average Bonchev–Trinajstić information content (AvgIpc) is 2.68. The maximum absolute atomic E-state index is 12.6. The quantitative estimate of drug-likeness (QED) is 0.538. The Balaban J connectivity index is 1.57. The van der Waals surface area contributed by atoms with Gasteiger partial charge in [0.25, 0.3) is 5.69 Å². The fourth-order valence-electron chi connectivity index (χ4n) is 3.41. The van der Waals surface area contributed by atoms with Crippen molar-refractivity contribution >= 4 is 21.5 Å². The fourth-order valence-corrected chi connectivity index (χ4v) is 4.67. The van der Waals surface area contributed by atoms with Crippen LogP contribution in [0.3, 0.4) is 0 Å². The van der Waals surface area contributed by atoms with Crippen LogP contribution in [0.25, 0.3) is 0 Å². The second-order valence-electron chi connectivity index (χ2n) is 7.20. The van der Waals surface area contributed by atoms with Gasteiger partial charge in [0.05, 0.1) is 9.82 Å². The zero-order valence-corrected chi connectivity index (χ0v) is 17.3. The highest BCUT2D eigenvalue weighted by Gasteiger charge is 2.24. The summed E-state index contributed by atoms with van der Waals surface area (Å²) in [6.07, 6.45) is 1.77. The SMILES string of the molecule is Cc1ccc(S(=O)(=O)NC(C)CN2CCN(c3ccccn3)CC2)cc1[N+](=O)[O-]. The summed E-state index contributed by atoms with van der Waals surface area (Å²) in [4.78, 5) is 19.2. The van der Waals surface area contributed by atoms with Gasteiger partial charge < -0.3 is 4.90 Å². The van der Waals surface area contributed by atoms with Gasteiger partial charge in [-0.25, -0.2) is 18.1 Å². The minimum absolute atomic E-state index is 0.0957. The van der Waals surface area contributed by atoms with E-state index in [0.717, 1.165) is 38.1 Å². The van der Waals surface area contributed by atoms with Crippen molar-refractivity contribution in [3.05, 3.63) is 58.3 Å². The van der Waals surface area contributed by atoms with E-state index in [1.807, 2.05) is 18.2 Å². The zero-order valence-electron chi connectivity index (χ0n) is 16.5.